The summed E-state index contributed by atoms with van der Waals surface area (Å²) in [6.45, 7) is 0. The second-order valence-electron chi connectivity index (χ2n) is 3.92. The third-order valence-electron chi connectivity index (χ3n) is 2.57. The zero-order valence-corrected chi connectivity index (χ0v) is 9.80. The topological polar surface area (TPSA) is 72.9 Å². The first-order chi connectivity index (χ1) is 8.58. The van der Waals surface area contributed by atoms with Gasteiger partial charge in [-0.3, -0.25) is 4.79 Å². The molecule has 0 saturated carbocycles. The van der Waals surface area contributed by atoms with Crippen LogP contribution in [0.15, 0.2) is 36.8 Å². The number of imidazole rings is 1. The molecule has 1 atom stereocenters. The van der Waals surface area contributed by atoms with Crippen molar-refractivity contribution in [3.8, 4) is 0 Å². The van der Waals surface area contributed by atoms with Crippen LogP contribution < -0.4 is 11.1 Å². The van der Waals surface area contributed by atoms with Gasteiger partial charge in [-0.1, -0.05) is 6.07 Å². The first kappa shape index (κ1) is 12.1. The molecule has 0 aliphatic carbocycles. The van der Waals surface area contributed by atoms with Crippen LogP contribution in [0.5, 0.6) is 0 Å². The van der Waals surface area contributed by atoms with Crippen molar-refractivity contribution >= 4 is 11.6 Å². The lowest BCUT2D eigenvalue weighted by Gasteiger charge is -2.17. The maximum Gasteiger partial charge on any atom is 0.246 e. The average Bonchev–Trinajstić information content (AvgIpc) is 2.72. The van der Waals surface area contributed by atoms with E-state index in [1.807, 2.05) is 0 Å². The number of halogens is 1. The Morgan fingerprint density at radius 1 is 1.56 bits per heavy atom. The Balaban J connectivity index is 2.28. The molecule has 0 radical (unpaired) electrons. The number of amides is 1. The molecule has 1 unspecified atom stereocenters. The number of nitrogens with two attached hydrogens (primary N) is 1. The van der Waals surface area contributed by atoms with Crippen molar-refractivity contribution in [3.05, 3.63) is 48.3 Å². The fraction of sp³-hybridized carbons (Fsp3) is 0.167. The summed E-state index contributed by atoms with van der Waals surface area (Å²) in [7, 11) is 1.76. The predicted molar refractivity (Wildman–Crippen MR) is 65.2 cm³/mol. The summed E-state index contributed by atoms with van der Waals surface area (Å²) in [4.78, 5) is 15.4. The highest BCUT2D eigenvalue weighted by molar-refractivity contribution is 5.84. The minimum Gasteiger partial charge on any atom is -0.369 e. The summed E-state index contributed by atoms with van der Waals surface area (Å²) in [5, 5.41) is 2.89. The van der Waals surface area contributed by atoms with Crippen molar-refractivity contribution in [2.24, 2.45) is 12.8 Å². The maximum atomic E-state index is 13.1. The van der Waals surface area contributed by atoms with Crippen LogP contribution in [-0.2, 0) is 11.8 Å². The number of rotatable bonds is 4. The molecule has 6 heteroatoms. The largest absolute Gasteiger partial charge is 0.369 e. The van der Waals surface area contributed by atoms with Crippen LogP contribution in [0.3, 0.4) is 0 Å². The second-order valence-corrected chi connectivity index (χ2v) is 3.92. The molecule has 1 aromatic carbocycles. The summed E-state index contributed by atoms with van der Waals surface area (Å²) >= 11 is 0. The quantitative estimate of drug-likeness (QED) is 0.853. The van der Waals surface area contributed by atoms with Crippen LogP contribution in [0.1, 0.15) is 11.7 Å². The van der Waals surface area contributed by atoms with Crippen molar-refractivity contribution in [2.45, 2.75) is 6.04 Å². The zero-order chi connectivity index (χ0) is 13.1. The molecule has 0 bridgehead atoms. The van der Waals surface area contributed by atoms with Crippen LogP contribution in [0.4, 0.5) is 10.1 Å². The van der Waals surface area contributed by atoms with Crippen molar-refractivity contribution in [3.63, 3.8) is 0 Å². The number of benzene rings is 1. The Morgan fingerprint density at radius 3 is 2.89 bits per heavy atom. The van der Waals surface area contributed by atoms with Gasteiger partial charge in [0, 0.05) is 12.7 Å². The molecule has 0 saturated heterocycles. The van der Waals surface area contributed by atoms with Gasteiger partial charge in [-0.05, 0) is 18.2 Å². The highest BCUT2D eigenvalue weighted by Crippen LogP contribution is 2.19. The lowest BCUT2D eigenvalue weighted by Crippen LogP contribution is -2.29. The third kappa shape index (κ3) is 2.48. The first-order valence-electron chi connectivity index (χ1n) is 5.35. The summed E-state index contributed by atoms with van der Waals surface area (Å²) < 4.78 is 14.7. The molecule has 3 N–H and O–H groups in total. The third-order valence-corrected chi connectivity index (χ3v) is 2.57. The molecule has 0 fully saturated rings. The summed E-state index contributed by atoms with van der Waals surface area (Å²) in [5.74, 6) is -0.934. The predicted octanol–water partition coefficient (Wildman–Crippen LogP) is 1.20. The van der Waals surface area contributed by atoms with Gasteiger partial charge in [0.25, 0.3) is 0 Å². The number of nitrogens with zero attached hydrogens (tertiary/aromatic N) is 2. The molecule has 94 valence electrons. The van der Waals surface area contributed by atoms with E-state index < -0.39 is 11.9 Å². The maximum absolute atomic E-state index is 13.1. The van der Waals surface area contributed by atoms with Crippen molar-refractivity contribution in [1.29, 1.82) is 0 Å². The van der Waals surface area contributed by atoms with E-state index in [1.165, 1.54) is 12.1 Å². The van der Waals surface area contributed by atoms with E-state index in [-0.39, 0.29) is 5.82 Å². The van der Waals surface area contributed by atoms with Crippen molar-refractivity contribution < 1.29 is 9.18 Å². The molecule has 0 aliphatic heterocycles. The fourth-order valence-corrected chi connectivity index (χ4v) is 1.68. The number of anilines is 1. The van der Waals surface area contributed by atoms with E-state index in [4.69, 9.17) is 5.73 Å². The number of primary amides is 1. The molecule has 2 aromatic rings. The van der Waals surface area contributed by atoms with Crippen molar-refractivity contribution in [2.75, 3.05) is 5.32 Å². The zero-order valence-electron chi connectivity index (χ0n) is 9.80. The van der Waals surface area contributed by atoms with E-state index in [1.54, 1.807) is 36.3 Å². The Kier molecular flexibility index (Phi) is 3.27. The highest BCUT2D eigenvalue weighted by Gasteiger charge is 2.20. The SMILES string of the molecule is Cn1cncc1C(Nc1cccc(F)c1)C(N)=O. The molecule has 5 nitrogen and oxygen atoms in total. The number of hydrogen-bond donors (Lipinski definition) is 2. The van der Waals surface area contributed by atoms with Gasteiger partial charge in [0.15, 0.2) is 0 Å². The Morgan fingerprint density at radius 2 is 2.33 bits per heavy atom. The number of aryl methyl sites for hydroxylation is 1. The van der Waals surface area contributed by atoms with E-state index in [0.717, 1.165) is 0 Å². The van der Waals surface area contributed by atoms with Gasteiger partial charge in [0.1, 0.15) is 11.9 Å². The summed E-state index contributed by atoms with van der Waals surface area (Å²) in [6, 6.07) is 5.09. The van der Waals surface area contributed by atoms with Gasteiger partial charge in [0.2, 0.25) is 5.91 Å². The van der Waals surface area contributed by atoms with Crippen LogP contribution in [0, 0.1) is 5.82 Å². The minimum atomic E-state index is -0.751. The molecule has 1 heterocycles. The van der Waals surface area contributed by atoms with Crippen LogP contribution in [0.25, 0.3) is 0 Å². The van der Waals surface area contributed by atoms with Gasteiger partial charge < -0.3 is 15.6 Å². The van der Waals surface area contributed by atoms with Gasteiger partial charge in [-0.15, -0.1) is 0 Å². The summed E-state index contributed by atoms with van der Waals surface area (Å²) in [5.41, 5.74) is 6.45. The second kappa shape index (κ2) is 4.87. The summed E-state index contributed by atoms with van der Waals surface area (Å²) in [6.07, 6.45) is 3.11. The lowest BCUT2D eigenvalue weighted by molar-refractivity contribution is -0.118. The van der Waals surface area contributed by atoms with E-state index in [9.17, 15) is 9.18 Å². The monoisotopic (exact) mass is 248 g/mol. The minimum absolute atomic E-state index is 0.381. The number of nitrogens with one attached hydrogen (secondary N) is 1. The highest BCUT2D eigenvalue weighted by atomic mass is 19.1. The van der Waals surface area contributed by atoms with Gasteiger partial charge in [-0.2, -0.15) is 0 Å². The van der Waals surface area contributed by atoms with Crippen molar-refractivity contribution in [1.82, 2.24) is 9.55 Å². The standard InChI is InChI=1S/C12H13FN4O/c1-17-7-15-6-10(17)11(12(14)18)16-9-4-2-3-8(13)5-9/h2-7,11,16H,1H3,(H2,14,18). The average molecular weight is 248 g/mol. The molecule has 1 aromatic heterocycles. The molecule has 1 amide bonds. The molecule has 2 rings (SSSR count). The Hall–Kier alpha value is -2.37. The lowest BCUT2D eigenvalue weighted by atomic mass is 10.2. The smallest absolute Gasteiger partial charge is 0.246 e. The van der Waals surface area contributed by atoms with Gasteiger partial charge in [-0.25, -0.2) is 9.37 Å². The number of carbonyl (C=O) groups is 1. The van der Waals surface area contributed by atoms with E-state index in [2.05, 4.69) is 10.3 Å². The van der Waals surface area contributed by atoms with E-state index >= 15 is 0 Å². The fourth-order valence-electron chi connectivity index (χ4n) is 1.68. The number of hydrogen-bond acceptors (Lipinski definition) is 3. The molecular formula is C12H13FN4O. The van der Waals surface area contributed by atoms with Crippen LogP contribution in [-0.4, -0.2) is 15.5 Å². The van der Waals surface area contributed by atoms with Gasteiger partial charge in [0.05, 0.1) is 18.2 Å². The first-order valence-corrected chi connectivity index (χ1v) is 5.35. The Bertz CT molecular complexity index is 567. The van der Waals surface area contributed by atoms with E-state index in [0.29, 0.717) is 11.4 Å². The normalized spacial score (nSPS) is 12.1. The van der Waals surface area contributed by atoms with Crippen LogP contribution >= 0.6 is 0 Å². The molecule has 18 heavy (non-hydrogen) atoms. The molecular weight excluding hydrogens is 235 g/mol. The number of carbonyl (C=O) groups excluding carboxylic acids is 1. The number of aromatic nitrogens is 2. The van der Waals surface area contributed by atoms with Crippen LogP contribution in [0.2, 0.25) is 0 Å². The Labute approximate surface area is 103 Å². The van der Waals surface area contributed by atoms with Gasteiger partial charge >= 0.3 is 0 Å². The molecule has 0 aliphatic rings. The molecule has 0 spiro atoms.